The van der Waals surface area contributed by atoms with E-state index in [0.717, 1.165) is 26.3 Å². The molecule has 2 aromatic rings. The highest BCUT2D eigenvalue weighted by molar-refractivity contribution is 14.1. The Morgan fingerprint density at radius 1 is 1.33 bits per heavy atom. The Labute approximate surface area is 158 Å². The van der Waals surface area contributed by atoms with E-state index in [0.29, 0.717) is 11.7 Å². The van der Waals surface area contributed by atoms with Crippen LogP contribution in [0.2, 0.25) is 0 Å². The number of fused-ring (bicyclic) bond motifs is 1. The fourth-order valence-electron chi connectivity index (χ4n) is 3.19. The molecule has 1 heterocycles. The van der Waals surface area contributed by atoms with Gasteiger partial charge in [-0.3, -0.25) is 0 Å². The van der Waals surface area contributed by atoms with E-state index in [2.05, 4.69) is 35.6 Å². The molecule has 2 aromatic carbocycles. The molecular weight excluding hydrogens is 433 g/mol. The second-order valence-corrected chi connectivity index (χ2v) is 9.48. The smallest absolute Gasteiger partial charge is 0.136 e. The molecule has 0 fully saturated rings. The second kappa shape index (κ2) is 7.14. The van der Waals surface area contributed by atoms with Crippen LogP contribution in [0.1, 0.15) is 24.0 Å². The summed E-state index contributed by atoms with van der Waals surface area (Å²) < 4.78 is 24.9. The van der Waals surface area contributed by atoms with Crippen molar-refractivity contribution < 1.29 is 9.29 Å². The molecule has 0 saturated heterocycles. The Morgan fingerprint density at radius 2 is 2.04 bits per heavy atom. The first kappa shape index (κ1) is 17.9. The summed E-state index contributed by atoms with van der Waals surface area (Å²) in [7, 11) is -0.795. The van der Waals surface area contributed by atoms with Gasteiger partial charge in [0, 0.05) is 16.4 Å². The third kappa shape index (κ3) is 3.26. The normalized spacial score (nSPS) is 24.0. The number of ether oxygens (including phenoxy) is 1. The van der Waals surface area contributed by atoms with Crippen LogP contribution in [-0.4, -0.2) is 21.8 Å². The van der Waals surface area contributed by atoms with Gasteiger partial charge in [-0.1, -0.05) is 47.7 Å². The van der Waals surface area contributed by atoms with E-state index in [4.69, 9.17) is 9.10 Å². The summed E-state index contributed by atoms with van der Waals surface area (Å²) in [6.07, 6.45) is 0. The first-order chi connectivity index (χ1) is 11.5. The van der Waals surface area contributed by atoms with Crippen molar-refractivity contribution in [1.82, 2.24) is 0 Å². The molecule has 0 bridgehead atoms. The van der Waals surface area contributed by atoms with Gasteiger partial charge in [-0.2, -0.15) is 0 Å². The molecule has 1 unspecified atom stereocenters. The number of halogens is 1. The van der Waals surface area contributed by atoms with E-state index in [9.17, 15) is 4.55 Å². The summed E-state index contributed by atoms with van der Waals surface area (Å²) >= 11 is 2.42. The minimum Gasteiger partial charge on any atom is -0.626 e. The molecule has 0 radical (unpaired) electrons. The molecule has 0 spiro atoms. The van der Waals surface area contributed by atoms with Crippen LogP contribution in [0, 0.1) is 12.8 Å². The standard InChI is InChI=1S/C19H22INO2S/c1-13-9-16-17(14(2)11-20)12-24(22,15-7-5-4-6-8-15)21-18(16)10-19(13)23-3/h4-10,14,17H,11-12H2,1-3H3/t14-,17-,24?/m1/s1. The minimum absolute atomic E-state index is 0.242. The van der Waals surface area contributed by atoms with Gasteiger partial charge in [0.05, 0.1) is 7.11 Å². The average molecular weight is 455 g/mol. The van der Waals surface area contributed by atoms with Crippen molar-refractivity contribution in [2.45, 2.75) is 24.7 Å². The lowest BCUT2D eigenvalue weighted by atomic mass is 9.88. The van der Waals surface area contributed by atoms with Crippen molar-refractivity contribution in [2.24, 2.45) is 10.3 Å². The van der Waals surface area contributed by atoms with Crippen LogP contribution in [0.15, 0.2) is 51.7 Å². The maximum Gasteiger partial charge on any atom is 0.136 e. The fourth-order valence-corrected chi connectivity index (χ4v) is 6.22. The molecule has 1 aliphatic heterocycles. The van der Waals surface area contributed by atoms with Crippen LogP contribution >= 0.6 is 22.6 Å². The number of alkyl halides is 1. The van der Waals surface area contributed by atoms with E-state index < -0.39 is 10.1 Å². The van der Waals surface area contributed by atoms with Crippen molar-refractivity contribution >= 4 is 38.4 Å². The molecule has 3 nitrogen and oxygen atoms in total. The van der Waals surface area contributed by atoms with Crippen molar-refractivity contribution in [3.63, 3.8) is 0 Å². The Kier molecular flexibility index (Phi) is 5.32. The van der Waals surface area contributed by atoms with Gasteiger partial charge in [0.1, 0.15) is 22.1 Å². The molecular formula is C19H22INO2S. The number of nitrogens with zero attached hydrogens (tertiary/aromatic N) is 1. The van der Waals surface area contributed by atoms with E-state index >= 15 is 0 Å². The summed E-state index contributed by atoms with van der Waals surface area (Å²) in [5.41, 5.74) is 3.12. The molecule has 0 aromatic heterocycles. The van der Waals surface area contributed by atoms with Crippen molar-refractivity contribution in [3.8, 4) is 5.75 Å². The molecule has 0 amide bonds. The zero-order valence-electron chi connectivity index (χ0n) is 14.2. The molecule has 1 aliphatic rings. The van der Waals surface area contributed by atoms with Gasteiger partial charge in [-0.25, -0.2) is 0 Å². The van der Waals surface area contributed by atoms with Crippen molar-refractivity contribution in [1.29, 1.82) is 0 Å². The molecule has 0 saturated carbocycles. The van der Waals surface area contributed by atoms with Gasteiger partial charge in [0.2, 0.25) is 0 Å². The fraction of sp³-hybridized carbons (Fsp3) is 0.368. The van der Waals surface area contributed by atoms with Gasteiger partial charge in [-0.05, 0) is 52.3 Å². The lowest BCUT2D eigenvalue weighted by molar-refractivity contribution is 0.411. The average Bonchev–Trinajstić information content (AvgIpc) is 2.61. The number of methoxy groups -OCH3 is 1. The zero-order valence-corrected chi connectivity index (χ0v) is 17.1. The minimum atomic E-state index is -2.46. The highest BCUT2D eigenvalue weighted by Crippen LogP contribution is 2.45. The third-order valence-electron chi connectivity index (χ3n) is 4.64. The Balaban J connectivity index is 2.21. The van der Waals surface area contributed by atoms with Crippen LogP contribution in [-0.2, 0) is 10.1 Å². The van der Waals surface area contributed by atoms with Gasteiger partial charge < -0.3 is 9.29 Å². The van der Waals surface area contributed by atoms with Crippen LogP contribution in [0.5, 0.6) is 5.75 Å². The molecule has 3 rings (SSSR count). The SMILES string of the molecule is COc1cc2c(cc1C)[C@@H]([C@H](C)CI)C[S+]([O-])(c1ccccc1)=N2. The van der Waals surface area contributed by atoms with Gasteiger partial charge in [0.25, 0.3) is 0 Å². The second-order valence-electron chi connectivity index (χ2n) is 6.33. The van der Waals surface area contributed by atoms with Crippen LogP contribution in [0.4, 0.5) is 5.69 Å². The summed E-state index contributed by atoms with van der Waals surface area (Å²) in [6.45, 7) is 4.28. The predicted octanol–water partition coefficient (Wildman–Crippen LogP) is 5.33. The molecule has 24 heavy (non-hydrogen) atoms. The van der Waals surface area contributed by atoms with Crippen LogP contribution in [0.25, 0.3) is 0 Å². The summed E-state index contributed by atoms with van der Waals surface area (Å²) in [4.78, 5) is 0.820. The summed E-state index contributed by atoms with van der Waals surface area (Å²) in [5, 5.41) is 0. The number of rotatable bonds is 4. The molecule has 0 N–H and O–H groups in total. The Hall–Kier alpha value is -0.920. The molecule has 5 heteroatoms. The molecule has 3 atom stereocenters. The van der Waals surface area contributed by atoms with Gasteiger partial charge in [-0.15, -0.1) is 4.36 Å². The van der Waals surface area contributed by atoms with Gasteiger partial charge >= 0.3 is 0 Å². The number of hydrogen-bond acceptors (Lipinski definition) is 3. The van der Waals surface area contributed by atoms with E-state index in [1.54, 1.807) is 7.11 Å². The van der Waals surface area contributed by atoms with E-state index in [1.807, 2.05) is 43.3 Å². The lowest BCUT2D eigenvalue weighted by Gasteiger charge is -2.34. The maximum atomic E-state index is 13.7. The van der Waals surface area contributed by atoms with E-state index in [1.165, 1.54) is 5.56 Å². The highest BCUT2D eigenvalue weighted by Gasteiger charge is 2.35. The lowest BCUT2D eigenvalue weighted by Crippen LogP contribution is -2.29. The monoisotopic (exact) mass is 455 g/mol. The Bertz CT molecular complexity index is 791. The zero-order chi connectivity index (χ0) is 17.3. The van der Waals surface area contributed by atoms with Crippen molar-refractivity contribution in [2.75, 3.05) is 17.3 Å². The molecule has 128 valence electrons. The van der Waals surface area contributed by atoms with Crippen molar-refractivity contribution in [3.05, 3.63) is 53.6 Å². The first-order valence-corrected chi connectivity index (χ1v) is 11.2. The summed E-state index contributed by atoms with van der Waals surface area (Å²) in [6, 6.07) is 13.8. The number of hydrogen-bond donors (Lipinski definition) is 0. The molecule has 0 aliphatic carbocycles. The first-order valence-electron chi connectivity index (χ1n) is 8.03. The highest BCUT2D eigenvalue weighted by atomic mass is 127. The quantitative estimate of drug-likeness (QED) is 0.355. The van der Waals surface area contributed by atoms with Crippen LogP contribution in [0.3, 0.4) is 0 Å². The van der Waals surface area contributed by atoms with E-state index in [-0.39, 0.29) is 5.92 Å². The third-order valence-corrected chi connectivity index (χ3v) is 8.34. The van der Waals surface area contributed by atoms with Crippen LogP contribution < -0.4 is 4.74 Å². The summed E-state index contributed by atoms with van der Waals surface area (Å²) in [5.74, 6) is 2.07. The number of aryl methyl sites for hydroxylation is 1. The maximum absolute atomic E-state index is 13.7. The Morgan fingerprint density at radius 3 is 2.67 bits per heavy atom. The topological polar surface area (TPSA) is 44.6 Å². The predicted molar refractivity (Wildman–Crippen MR) is 108 cm³/mol. The largest absolute Gasteiger partial charge is 0.626 e. The van der Waals surface area contributed by atoms with Gasteiger partial charge in [0.15, 0.2) is 0 Å². The number of benzene rings is 2.